The van der Waals surface area contributed by atoms with E-state index in [1.165, 1.54) is 25.7 Å². The average molecular weight is 266 g/mol. The number of hydrogen-bond acceptors (Lipinski definition) is 2. The SMILES string of the molecule is CC(C)C1OC(CCC2CC=CCC2)OCC1(C)C. The topological polar surface area (TPSA) is 18.5 Å². The Morgan fingerprint density at radius 3 is 2.63 bits per heavy atom. The zero-order valence-corrected chi connectivity index (χ0v) is 13.0. The van der Waals surface area contributed by atoms with Gasteiger partial charge in [0.1, 0.15) is 0 Å². The van der Waals surface area contributed by atoms with Crippen molar-refractivity contribution in [3.63, 3.8) is 0 Å². The van der Waals surface area contributed by atoms with Crippen molar-refractivity contribution in [2.24, 2.45) is 17.3 Å². The summed E-state index contributed by atoms with van der Waals surface area (Å²) in [5, 5.41) is 0. The van der Waals surface area contributed by atoms with Crippen LogP contribution in [0, 0.1) is 17.3 Å². The van der Waals surface area contributed by atoms with E-state index in [9.17, 15) is 0 Å². The zero-order chi connectivity index (χ0) is 13.9. The molecule has 1 saturated heterocycles. The summed E-state index contributed by atoms with van der Waals surface area (Å²) in [6.07, 6.45) is 11.1. The molecule has 2 nitrogen and oxygen atoms in total. The van der Waals surface area contributed by atoms with Gasteiger partial charge in [-0.15, -0.1) is 0 Å². The summed E-state index contributed by atoms with van der Waals surface area (Å²) in [7, 11) is 0. The summed E-state index contributed by atoms with van der Waals surface area (Å²) in [5.74, 6) is 1.39. The minimum Gasteiger partial charge on any atom is -0.352 e. The smallest absolute Gasteiger partial charge is 0.158 e. The molecule has 2 rings (SSSR count). The fraction of sp³-hybridized carbons (Fsp3) is 0.882. The lowest BCUT2D eigenvalue weighted by Gasteiger charge is -2.44. The van der Waals surface area contributed by atoms with Crippen LogP contribution in [0.2, 0.25) is 0 Å². The van der Waals surface area contributed by atoms with Gasteiger partial charge < -0.3 is 9.47 Å². The molecule has 0 aromatic carbocycles. The molecule has 2 heteroatoms. The molecular weight excluding hydrogens is 236 g/mol. The number of hydrogen-bond donors (Lipinski definition) is 0. The van der Waals surface area contributed by atoms with Crippen LogP contribution < -0.4 is 0 Å². The van der Waals surface area contributed by atoms with Crippen molar-refractivity contribution in [1.29, 1.82) is 0 Å². The molecule has 0 radical (unpaired) electrons. The summed E-state index contributed by atoms with van der Waals surface area (Å²) in [5.41, 5.74) is 0.137. The van der Waals surface area contributed by atoms with Gasteiger partial charge in [0.15, 0.2) is 6.29 Å². The Balaban J connectivity index is 1.80. The number of rotatable bonds is 4. The van der Waals surface area contributed by atoms with Gasteiger partial charge >= 0.3 is 0 Å². The molecule has 0 amide bonds. The molecule has 3 atom stereocenters. The Morgan fingerprint density at radius 1 is 1.21 bits per heavy atom. The van der Waals surface area contributed by atoms with Crippen LogP contribution in [0.5, 0.6) is 0 Å². The third-order valence-electron chi connectivity index (χ3n) is 4.50. The van der Waals surface area contributed by atoms with Crippen LogP contribution >= 0.6 is 0 Å². The molecule has 3 unspecified atom stereocenters. The van der Waals surface area contributed by atoms with Crippen molar-refractivity contribution in [1.82, 2.24) is 0 Å². The van der Waals surface area contributed by atoms with Gasteiger partial charge in [-0.25, -0.2) is 0 Å². The molecule has 1 aliphatic carbocycles. The first-order valence-electron chi connectivity index (χ1n) is 7.91. The molecule has 1 fully saturated rings. The van der Waals surface area contributed by atoms with Gasteiger partial charge in [0.2, 0.25) is 0 Å². The Labute approximate surface area is 118 Å². The fourth-order valence-corrected chi connectivity index (χ4v) is 3.48. The molecule has 2 aliphatic rings. The van der Waals surface area contributed by atoms with Gasteiger partial charge in [-0.3, -0.25) is 0 Å². The molecule has 19 heavy (non-hydrogen) atoms. The van der Waals surface area contributed by atoms with Gasteiger partial charge in [0.05, 0.1) is 12.7 Å². The maximum absolute atomic E-state index is 6.21. The predicted molar refractivity (Wildman–Crippen MR) is 78.9 cm³/mol. The molecule has 0 saturated carbocycles. The van der Waals surface area contributed by atoms with E-state index >= 15 is 0 Å². The van der Waals surface area contributed by atoms with Crippen molar-refractivity contribution < 1.29 is 9.47 Å². The van der Waals surface area contributed by atoms with Gasteiger partial charge in [0, 0.05) is 5.41 Å². The van der Waals surface area contributed by atoms with Crippen LogP contribution in [0.25, 0.3) is 0 Å². The van der Waals surface area contributed by atoms with Crippen LogP contribution in [0.1, 0.15) is 59.8 Å². The van der Waals surface area contributed by atoms with Gasteiger partial charge in [-0.05, 0) is 43.9 Å². The first-order chi connectivity index (χ1) is 8.99. The van der Waals surface area contributed by atoms with Crippen molar-refractivity contribution in [2.45, 2.75) is 72.2 Å². The number of ether oxygens (including phenoxy) is 2. The molecule has 0 aromatic rings. The highest BCUT2D eigenvalue weighted by atomic mass is 16.7. The first-order valence-corrected chi connectivity index (χ1v) is 7.91. The number of allylic oxidation sites excluding steroid dienone is 2. The normalized spacial score (nSPS) is 34.7. The second kappa shape index (κ2) is 6.41. The molecule has 0 spiro atoms. The summed E-state index contributed by atoms with van der Waals surface area (Å²) >= 11 is 0. The van der Waals surface area contributed by atoms with Crippen LogP contribution in [-0.4, -0.2) is 19.0 Å². The minimum absolute atomic E-state index is 0.0198. The molecule has 1 aliphatic heterocycles. The summed E-state index contributed by atoms with van der Waals surface area (Å²) < 4.78 is 12.1. The van der Waals surface area contributed by atoms with Crippen LogP contribution in [0.4, 0.5) is 0 Å². The Kier molecular flexibility index (Phi) is 5.08. The lowest BCUT2D eigenvalue weighted by atomic mass is 9.80. The molecular formula is C17H30O2. The van der Waals surface area contributed by atoms with E-state index < -0.39 is 0 Å². The standard InChI is InChI=1S/C17H30O2/c1-13(2)16-17(3,4)12-18-15(19-16)11-10-14-8-6-5-7-9-14/h5-6,13-16H,7-12H2,1-4H3. The highest BCUT2D eigenvalue weighted by molar-refractivity contribution is 4.90. The van der Waals surface area contributed by atoms with E-state index in [-0.39, 0.29) is 11.7 Å². The Hall–Kier alpha value is -0.340. The van der Waals surface area contributed by atoms with Gasteiger partial charge in [-0.2, -0.15) is 0 Å². The Morgan fingerprint density at radius 2 is 2.00 bits per heavy atom. The predicted octanol–water partition coefficient (Wildman–Crippen LogP) is 4.55. The molecule has 1 heterocycles. The Bertz CT molecular complexity index is 306. The quantitative estimate of drug-likeness (QED) is 0.695. The van der Waals surface area contributed by atoms with E-state index in [1.807, 2.05) is 0 Å². The third kappa shape index (κ3) is 4.06. The maximum atomic E-state index is 6.21. The van der Waals surface area contributed by atoms with Gasteiger partial charge in [-0.1, -0.05) is 39.8 Å². The van der Waals surface area contributed by atoms with E-state index in [4.69, 9.17) is 9.47 Å². The third-order valence-corrected chi connectivity index (χ3v) is 4.50. The molecule has 0 bridgehead atoms. The molecule has 0 aromatic heterocycles. The average Bonchev–Trinajstić information content (AvgIpc) is 2.38. The first kappa shape index (κ1) is 15.1. The van der Waals surface area contributed by atoms with Crippen molar-refractivity contribution in [3.05, 3.63) is 12.2 Å². The van der Waals surface area contributed by atoms with Gasteiger partial charge in [0.25, 0.3) is 0 Å². The van der Waals surface area contributed by atoms with Crippen LogP contribution in [-0.2, 0) is 9.47 Å². The van der Waals surface area contributed by atoms with E-state index in [2.05, 4.69) is 39.8 Å². The molecule has 110 valence electrons. The van der Waals surface area contributed by atoms with Crippen molar-refractivity contribution >= 4 is 0 Å². The van der Waals surface area contributed by atoms with Crippen LogP contribution in [0.3, 0.4) is 0 Å². The lowest BCUT2D eigenvalue weighted by Crippen LogP contribution is -2.48. The second-order valence-electron chi connectivity index (χ2n) is 7.26. The monoisotopic (exact) mass is 266 g/mol. The zero-order valence-electron chi connectivity index (χ0n) is 13.0. The van der Waals surface area contributed by atoms with Crippen LogP contribution in [0.15, 0.2) is 12.2 Å². The largest absolute Gasteiger partial charge is 0.352 e. The summed E-state index contributed by atoms with van der Waals surface area (Å²) in [4.78, 5) is 0. The second-order valence-corrected chi connectivity index (χ2v) is 7.26. The maximum Gasteiger partial charge on any atom is 0.158 e. The van der Waals surface area contributed by atoms with E-state index in [1.54, 1.807) is 0 Å². The lowest BCUT2D eigenvalue weighted by molar-refractivity contribution is -0.272. The summed E-state index contributed by atoms with van der Waals surface area (Å²) in [6.45, 7) is 9.83. The highest BCUT2D eigenvalue weighted by Crippen LogP contribution is 2.36. The van der Waals surface area contributed by atoms with Crippen molar-refractivity contribution in [3.8, 4) is 0 Å². The fourth-order valence-electron chi connectivity index (χ4n) is 3.48. The van der Waals surface area contributed by atoms with E-state index in [0.717, 1.165) is 18.9 Å². The van der Waals surface area contributed by atoms with Crippen molar-refractivity contribution in [2.75, 3.05) is 6.61 Å². The highest BCUT2D eigenvalue weighted by Gasteiger charge is 2.39. The molecule has 0 N–H and O–H groups in total. The summed E-state index contributed by atoms with van der Waals surface area (Å²) in [6, 6.07) is 0. The van der Waals surface area contributed by atoms with E-state index in [0.29, 0.717) is 12.0 Å². The minimum atomic E-state index is 0.0198.